The van der Waals surface area contributed by atoms with Crippen LogP contribution in [0.4, 0.5) is 5.69 Å². The molecule has 21 heavy (non-hydrogen) atoms. The van der Waals surface area contributed by atoms with Crippen LogP contribution < -0.4 is 5.32 Å². The number of rotatable bonds is 6. The third-order valence-corrected chi connectivity index (χ3v) is 3.28. The van der Waals surface area contributed by atoms with Crippen LogP contribution in [-0.2, 0) is 6.42 Å². The molecule has 0 bridgehead atoms. The molecule has 6 nitrogen and oxygen atoms in total. The van der Waals surface area contributed by atoms with Gasteiger partial charge in [0.05, 0.1) is 6.26 Å². The number of benzene rings is 1. The van der Waals surface area contributed by atoms with E-state index in [1.807, 2.05) is 36.4 Å². The molecule has 0 spiro atoms. The van der Waals surface area contributed by atoms with Gasteiger partial charge in [-0.05, 0) is 42.8 Å². The van der Waals surface area contributed by atoms with E-state index in [4.69, 9.17) is 4.42 Å². The first kappa shape index (κ1) is 13.4. The first-order valence-corrected chi connectivity index (χ1v) is 6.94. The summed E-state index contributed by atoms with van der Waals surface area (Å²) in [5.41, 5.74) is 1.98. The van der Waals surface area contributed by atoms with Gasteiger partial charge in [-0.15, -0.1) is 10.2 Å². The van der Waals surface area contributed by atoms with Crippen LogP contribution in [0.3, 0.4) is 0 Å². The molecule has 6 heteroatoms. The maximum absolute atomic E-state index is 5.35. The molecule has 0 aliphatic heterocycles. The van der Waals surface area contributed by atoms with E-state index >= 15 is 0 Å². The van der Waals surface area contributed by atoms with E-state index in [1.165, 1.54) is 0 Å². The lowest BCUT2D eigenvalue weighted by molar-refractivity contribution is 0.495. The minimum Gasteiger partial charge on any atom is -0.469 e. The number of hydrogen-bond donors (Lipinski definition) is 2. The highest BCUT2D eigenvalue weighted by molar-refractivity contribution is 5.61. The van der Waals surface area contributed by atoms with Crippen molar-refractivity contribution in [1.82, 2.24) is 20.6 Å². The largest absolute Gasteiger partial charge is 0.469 e. The Hall–Kier alpha value is -2.63. The summed E-state index contributed by atoms with van der Waals surface area (Å²) < 4.78 is 5.35. The van der Waals surface area contributed by atoms with Crippen LogP contribution in [0.1, 0.15) is 19.1 Å². The van der Waals surface area contributed by atoms with Crippen molar-refractivity contribution in [1.29, 1.82) is 0 Å². The van der Waals surface area contributed by atoms with Crippen molar-refractivity contribution in [3.63, 3.8) is 0 Å². The second-order valence-corrected chi connectivity index (χ2v) is 4.98. The van der Waals surface area contributed by atoms with Crippen molar-refractivity contribution in [2.75, 3.05) is 5.32 Å². The zero-order chi connectivity index (χ0) is 14.5. The molecule has 0 saturated carbocycles. The standard InChI is InChI=1S/C15H17N5O/c1-11(7-8-14-6-3-9-21-14)16-13-5-2-4-12(10-13)15-17-19-20-18-15/h2-6,9-11,16H,7-8H2,1H3,(H,17,18,19,20). The van der Waals surface area contributed by atoms with E-state index < -0.39 is 0 Å². The molecule has 1 aromatic carbocycles. The van der Waals surface area contributed by atoms with Gasteiger partial charge in [0.15, 0.2) is 0 Å². The minimum atomic E-state index is 0.343. The maximum Gasteiger partial charge on any atom is 0.204 e. The first-order chi connectivity index (χ1) is 10.3. The molecule has 0 aliphatic rings. The highest BCUT2D eigenvalue weighted by Gasteiger charge is 2.07. The summed E-state index contributed by atoms with van der Waals surface area (Å²) in [5, 5.41) is 17.5. The molecule has 0 aliphatic carbocycles. The number of H-pyrrole nitrogens is 1. The van der Waals surface area contributed by atoms with Gasteiger partial charge in [-0.3, -0.25) is 0 Å². The summed E-state index contributed by atoms with van der Waals surface area (Å²) in [4.78, 5) is 0. The Morgan fingerprint density at radius 1 is 1.29 bits per heavy atom. The van der Waals surface area contributed by atoms with Gasteiger partial charge in [-0.1, -0.05) is 12.1 Å². The molecule has 0 amide bonds. The van der Waals surface area contributed by atoms with Crippen LogP contribution >= 0.6 is 0 Å². The third-order valence-electron chi connectivity index (χ3n) is 3.28. The maximum atomic E-state index is 5.35. The lowest BCUT2D eigenvalue weighted by Crippen LogP contribution is -2.15. The summed E-state index contributed by atoms with van der Waals surface area (Å²) in [6, 6.07) is 12.3. The molecule has 0 fully saturated rings. The van der Waals surface area contributed by atoms with Gasteiger partial charge in [0.2, 0.25) is 5.82 Å². The average molecular weight is 283 g/mol. The molecule has 0 saturated heterocycles. The Morgan fingerprint density at radius 3 is 3.00 bits per heavy atom. The molecular formula is C15H17N5O. The Balaban J connectivity index is 1.60. The Kier molecular flexibility index (Phi) is 3.95. The molecule has 108 valence electrons. The minimum absolute atomic E-state index is 0.343. The van der Waals surface area contributed by atoms with Gasteiger partial charge < -0.3 is 9.73 Å². The van der Waals surface area contributed by atoms with Gasteiger partial charge >= 0.3 is 0 Å². The average Bonchev–Trinajstić information content (AvgIpc) is 3.19. The SMILES string of the molecule is CC(CCc1ccco1)Nc1cccc(-c2nn[nH]n2)c1. The zero-order valence-corrected chi connectivity index (χ0v) is 11.8. The molecule has 2 N–H and O–H groups in total. The number of nitrogens with one attached hydrogen (secondary N) is 2. The molecule has 2 aromatic heterocycles. The van der Waals surface area contributed by atoms with Crippen molar-refractivity contribution >= 4 is 5.69 Å². The van der Waals surface area contributed by atoms with Gasteiger partial charge in [0, 0.05) is 23.7 Å². The number of aromatic amines is 1. The van der Waals surface area contributed by atoms with Crippen LogP contribution in [0.5, 0.6) is 0 Å². The fraction of sp³-hybridized carbons (Fsp3) is 0.267. The van der Waals surface area contributed by atoms with E-state index in [9.17, 15) is 0 Å². The van der Waals surface area contributed by atoms with Crippen LogP contribution in [0, 0.1) is 0 Å². The lowest BCUT2D eigenvalue weighted by atomic mass is 10.1. The molecule has 0 radical (unpaired) electrons. The number of tetrazole rings is 1. The number of aryl methyl sites for hydroxylation is 1. The summed E-state index contributed by atoms with van der Waals surface area (Å²) in [7, 11) is 0. The van der Waals surface area contributed by atoms with Crippen LogP contribution in [0.25, 0.3) is 11.4 Å². The van der Waals surface area contributed by atoms with Crippen LogP contribution in [0.2, 0.25) is 0 Å². The second-order valence-electron chi connectivity index (χ2n) is 4.98. The summed E-state index contributed by atoms with van der Waals surface area (Å²) in [6.07, 6.45) is 3.63. The van der Waals surface area contributed by atoms with Gasteiger partial charge in [-0.2, -0.15) is 5.21 Å². The number of hydrogen-bond acceptors (Lipinski definition) is 5. The van der Waals surface area contributed by atoms with Crippen LogP contribution in [0.15, 0.2) is 47.1 Å². The van der Waals surface area contributed by atoms with E-state index in [1.54, 1.807) is 6.26 Å². The molecule has 1 atom stereocenters. The normalized spacial score (nSPS) is 12.2. The van der Waals surface area contributed by atoms with E-state index in [0.29, 0.717) is 11.9 Å². The van der Waals surface area contributed by atoms with Crippen molar-refractivity contribution < 1.29 is 4.42 Å². The van der Waals surface area contributed by atoms with E-state index in [-0.39, 0.29) is 0 Å². The Labute approximate surface area is 122 Å². The summed E-state index contributed by atoms with van der Waals surface area (Å²) in [6.45, 7) is 2.16. The lowest BCUT2D eigenvalue weighted by Gasteiger charge is -2.15. The second kappa shape index (κ2) is 6.21. The number of furan rings is 1. The third kappa shape index (κ3) is 3.47. The van der Waals surface area contributed by atoms with Gasteiger partial charge in [0.1, 0.15) is 5.76 Å². The Bertz CT molecular complexity index is 663. The topological polar surface area (TPSA) is 79.6 Å². The molecule has 1 unspecified atom stereocenters. The number of anilines is 1. The van der Waals surface area contributed by atoms with Crippen molar-refractivity contribution in [3.05, 3.63) is 48.4 Å². The van der Waals surface area contributed by atoms with E-state index in [2.05, 4.69) is 32.9 Å². The fourth-order valence-electron chi connectivity index (χ4n) is 2.20. The number of nitrogens with zero attached hydrogens (tertiary/aromatic N) is 3. The molecule has 2 heterocycles. The zero-order valence-electron chi connectivity index (χ0n) is 11.8. The fourth-order valence-corrected chi connectivity index (χ4v) is 2.20. The van der Waals surface area contributed by atoms with Gasteiger partial charge in [-0.25, -0.2) is 0 Å². The summed E-state index contributed by atoms with van der Waals surface area (Å²) >= 11 is 0. The van der Waals surface area contributed by atoms with Crippen molar-refractivity contribution in [3.8, 4) is 11.4 Å². The molecule has 3 rings (SSSR count). The first-order valence-electron chi connectivity index (χ1n) is 6.94. The number of aromatic nitrogens is 4. The quantitative estimate of drug-likeness (QED) is 0.727. The van der Waals surface area contributed by atoms with Crippen LogP contribution in [-0.4, -0.2) is 26.7 Å². The van der Waals surface area contributed by atoms with Crippen molar-refractivity contribution in [2.45, 2.75) is 25.8 Å². The monoisotopic (exact) mass is 283 g/mol. The Morgan fingerprint density at radius 2 is 2.24 bits per heavy atom. The summed E-state index contributed by atoms with van der Waals surface area (Å²) in [5.74, 6) is 1.62. The molecular weight excluding hydrogens is 266 g/mol. The van der Waals surface area contributed by atoms with Gasteiger partial charge in [0.25, 0.3) is 0 Å². The predicted octanol–water partition coefficient (Wildman–Crippen LogP) is 2.89. The smallest absolute Gasteiger partial charge is 0.204 e. The molecule has 3 aromatic rings. The van der Waals surface area contributed by atoms with E-state index in [0.717, 1.165) is 29.9 Å². The van der Waals surface area contributed by atoms with Crippen molar-refractivity contribution in [2.24, 2.45) is 0 Å². The highest BCUT2D eigenvalue weighted by atomic mass is 16.3. The predicted molar refractivity (Wildman–Crippen MR) is 79.7 cm³/mol. The highest BCUT2D eigenvalue weighted by Crippen LogP contribution is 2.19.